The minimum absolute atomic E-state index is 0.0799. The molecule has 0 aromatic heterocycles. The van der Waals surface area contributed by atoms with Gasteiger partial charge < -0.3 is 0 Å². The van der Waals surface area contributed by atoms with Crippen LogP contribution in [0.3, 0.4) is 0 Å². The Balaban J connectivity index is 1.96. The molecule has 3 rings (SSSR count). The molecule has 0 saturated carbocycles. The monoisotopic (exact) mass is 394 g/mol. The normalized spacial score (nSPS) is 20.2. The molecule has 1 aliphatic rings. The summed E-state index contributed by atoms with van der Waals surface area (Å²) < 4.78 is 25.1. The SMILES string of the molecule is N#CC1(Cl)C=C(c2ccc(Cl)cc2)N(NS(=O)(=O)c2ccccc2)N1. The van der Waals surface area contributed by atoms with Gasteiger partial charge in [-0.2, -0.15) is 10.7 Å². The zero-order valence-corrected chi connectivity index (χ0v) is 15.0. The molecule has 2 N–H and O–H groups in total. The van der Waals surface area contributed by atoms with Crippen LogP contribution in [-0.2, 0) is 10.0 Å². The third-order valence-electron chi connectivity index (χ3n) is 3.42. The van der Waals surface area contributed by atoms with Crippen molar-refractivity contribution < 1.29 is 8.42 Å². The van der Waals surface area contributed by atoms with Crippen LogP contribution in [0.4, 0.5) is 0 Å². The lowest BCUT2D eigenvalue weighted by Crippen LogP contribution is -2.51. The molecule has 0 bridgehead atoms. The van der Waals surface area contributed by atoms with Crippen molar-refractivity contribution in [2.75, 3.05) is 0 Å². The van der Waals surface area contributed by atoms with Gasteiger partial charge in [0.2, 0.25) is 5.00 Å². The van der Waals surface area contributed by atoms with Crippen LogP contribution in [0.2, 0.25) is 5.02 Å². The number of benzene rings is 2. The van der Waals surface area contributed by atoms with Crippen LogP contribution >= 0.6 is 23.2 Å². The third-order valence-corrected chi connectivity index (χ3v) is 5.26. The number of hydrogen-bond acceptors (Lipinski definition) is 5. The molecule has 0 fully saturated rings. The van der Waals surface area contributed by atoms with Crippen LogP contribution in [0.5, 0.6) is 0 Å². The Bertz CT molecular complexity index is 956. The first-order valence-corrected chi connectivity index (χ1v) is 9.31. The molecule has 0 saturated heterocycles. The van der Waals surface area contributed by atoms with E-state index in [2.05, 4.69) is 10.3 Å². The molecule has 1 heterocycles. The van der Waals surface area contributed by atoms with E-state index in [1.165, 1.54) is 18.2 Å². The lowest BCUT2D eigenvalue weighted by molar-refractivity contribution is 0.261. The lowest BCUT2D eigenvalue weighted by atomic mass is 10.1. The largest absolute Gasteiger partial charge is 0.258 e. The summed E-state index contributed by atoms with van der Waals surface area (Å²) >= 11 is 12.0. The standard InChI is InChI=1S/C16H12Cl2N4O2S/c17-13-8-6-12(7-9-13)15-10-16(18,11-19)20-22(15)21-25(23,24)14-4-2-1-3-5-14/h1-10,20-21H. The molecule has 25 heavy (non-hydrogen) atoms. The summed E-state index contributed by atoms with van der Waals surface area (Å²) in [6, 6.07) is 16.4. The predicted molar refractivity (Wildman–Crippen MR) is 95.4 cm³/mol. The van der Waals surface area contributed by atoms with E-state index < -0.39 is 15.0 Å². The Hall–Kier alpha value is -2.08. The van der Waals surface area contributed by atoms with Crippen molar-refractivity contribution in [2.24, 2.45) is 0 Å². The molecule has 9 heteroatoms. The summed E-state index contributed by atoms with van der Waals surface area (Å²) in [6.45, 7) is 0. The average Bonchev–Trinajstić information content (AvgIpc) is 2.93. The van der Waals surface area contributed by atoms with Crippen molar-refractivity contribution in [2.45, 2.75) is 9.89 Å². The number of halogens is 2. The number of nitrogens with one attached hydrogen (secondary N) is 2. The van der Waals surface area contributed by atoms with Gasteiger partial charge in [-0.1, -0.05) is 53.5 Å². The number of nitriles is 1. The second kappa shape index (κ2) is 6.67. The number of nitrogens with zero attached hydrogens (tertiary/aromatic N) is 2. The number of sulfonamides is 1. The first-order valence-electron chi connectivity index (χ1n) is 7.07. The van der Waals surface area contributed by atoms with Crippen molar-refractivity contribution >= 4 is 38.9 Å². The first-order chi connectivity index (χ1) is 11.8. The Morgan fingerprint density at radius 2 is 1.76 bits per heavy atom. The van der Waals surface area contributed by atoms with Gasteiger partial charge in [-0.15, -0.1) is 4.83 Å². The first kappa shape index (κ1) is 17.7. The van der Waals surface area contributed by atoms with E-state index in [-0.39, 0.29) is 4.90 Å². The lowest BCUT2D eigenvalue weighted by Gasteiger charge is -2.24. The molecular weight excluding hydrogens is 383 g/mol. The van der Waals surface area contributed by atoms with E-state index in [0.717, 1.165) is 5.12 Å². The Kier molecular flexibility index (Phi) is 4.73. The van der Waals surface area contributed by atoms with E-state index in [1.807, 2.05) is 6.07 Å². The fourth-order valence-electron chi connectivity index (χ4n) is 2.24. The van der Waals surface area contributed by atoms with Crippen molar-refractivity contribution in [3.05, 3.63) is 71.3 Å². The molecular formula is C16H12Cl2N4O2S. The summed E-state index contributed by atoms with van der Waals surface area (Å²) in [4.78, 5) is 0.886. The van der Waals surface area contributed by atoms with Crippen molar-refractivity contribution in [1.29, 1.82) is 5.26 Å². The van der Waals surface area contributed by atoms with E-state index in [0.29, 0.717) is 16.3 Å². The van der Waals surface area contributed by atoms with Gasteiger partial charge in [0, 0.05) is 10.6 Å². The number of rotatable bonds is 4. The fraction of sp³-hybridized carbons (Fsp3) is 0.0625. The number of alkyl halides is 1. The molecule has 1 unspecified atom stereocenters. The van der Waals surface area contributed by atoms with Gasteiger partial charge in [-0.25, -0.2) is 13.5 Å². The second-order valence-corrected chi connectivity index (χ2v) is 7.91. The predicted octanol–water partition coefficient (Wildman–Crippen LogP) is 2.85. The second-order valence-electron chi connectivity index (χ2n) is 5.22. The number of hydrogen-bond donors (Lipinski definition) is 2. The molecule has 0 radical (unpaired) electrons. The molecule has 0 aliphatic carbocycles. The molecule has 6 nitrogen and oxygen atoms in total. The molecule has 1 aliphatic heterocycles. The van der Waals surface area contributed by atoms with E-state index in [9.17, 15) is 13.7 Å². The van der Waals surface area contributed by atoms with E-state index >= 15 is 0 Å². The summed E-state index contributed by atoms with van der Waals surface area (Å²) in [6.07, 6.45) is 1.42. The van der Waals surface area contributed by atoms with Crippen LogP contribution in [0.25, 0.3) is 5.70 Å². The molecule has 0 spiro atoms. The van der Waals surface area contributed by atoms with Crippen molar-refractivity contribution in [3.8, 4) is 6.07 Å². The van der Waals surface area contributed by atoms with Crippen LogP contribution in [0.15, 0.2) is 65.6 Å². The highest BCUT2D eigenvalue weighted by molar-refractivity contribution is 7.89. The van der Waals surface area contributed by atoms with Crippen LogP contribution < -0.4 is 10.3 Å². The summed E-state index contributed by atoms with van der Waals surface area (Å²) in [5, 5.41) is 10.9. The van der Waals surface area contributed by atoms with Gasteiger partial charge in [0.15, 0.2) is 0 Å². The minimum atomic E-state index is -3.87. The summed E-state index contributed by atoms with van der Waals surface area (Å²) in [7, 11) is -3.87. The van der Waals surface area contributed by atoms with Gasteiger partial charge >= 0.3 is 0 Å². The summed E-state index contributed by atoms with van der Waals surface area (Å²) in [5.41, 5.74) is 3.64. The molecule has 2 aromatic carbocycles. The summed E-state index contributed by atoms with van der Waals surface area (Å²) in [5.74, 6) is 0. The van der Waals surface area contributed by atoms with Crippen LogP contribution in [0.1, 0.15) is 5.56 Å². The third kappa shape index (κ3) is 3.79. The van der Waals surface area contributed by atoms with Gasteiger partial charge in [0.25, 0.3) is 10.0 Å². The Labute approximate surface area is 155 Å². The van der Waals surface area contributed by atoms with Gasteiger partial charge in [-0.05, 0) is 30.3 Å². The van der Waals surface area contributed by atoms with Crippen molar-refractivity contribution in [1.82, 2.24) is 15.4 Å². The molecule has 1 atom stereocenters. The fourth-order valence-corrected chi connectivity index (χ4v) is 3.56. The maximum absolute atomic E-state index is 12.6. The number of hydrazine groups is 2. The van der Waals surface area contributed by atoms with E-state index in [4.69, 9.17) is 23.2 Å². The minimum Gasteiger partial charge on any atom is -0.224 e. The molecule has 128 valence electrons. The Morgan fingerprint density at radius 1 is 1.12 bits per heavy atom. The maximum atomic E-state index is 12.6. The zero-order chi connectivity index (χ0) is 18.1. The van der Waals surface area contributed by atoms with Crippen molar-refractivity contribution in [3.63, 3.8) is 0 Å². The van der Waals surface area contributed by atoms with E-state index in [1.54, 1.807) is 42.5 Å². The topological polar surface area (TPSA) is 85.2 Å². The highest BCUT2D eigenvalue weighted by Crippen LogP contribution is 2.31. The van der Waals surface area contributed by atoms with Gasteiger partial charge in [0.05, 0.1) is 10.6 Å². The molecule has 0 amide bonds. The zero-order valence-electron chi connectivity index (χ0n) is 12.6. The average molecular weight is 395 g/mol. The van der Waals surface area contributed by atoms with Gasteiger partial charge in [-0.3, -0.25) is 0 Å². The van der Waals surface area contributed by atoms with Gasteiger partial charge in [0.1, 0.15) is 6.07 Å². The Morgan fingerprint density at radius 3 is 2.36 bits per heavy atom. The van der Waals surface area contributed by atoms with Crippen LogP contribution in [0, 0.1) is 11.3 Å². The molecule has 2 aromatic rings. The highest BCUT2D eigenvalue weighted by Gasteiger charge is 2.38. The maximum Gasteiger partial charge on any atom is 0.258 e. The quantitative estimate of drug-likeness (QED) is 0.614. The smallest absolute Gasteiger partial charge is 0.224 e. The van der Waals surface area contributed by atoms with Crippen LogP contribution in [-0.4, -0.2) is 18.5 Å². The highest BCUT2D eigenvalue weighted by atomic mass is 35.5.